The van der Waals surface area contributed by atoms with Crippen LogP contribution in [0.15, 0.2) is 77.8 Å². The number of carbonyl (C=O) groups excluding carboxylic acids is 1. The van der Waals surface area contributed by atoms with Crippen LogP contribution in [0.1, 0.15) is 30.4 Å². The predicted molar refractivity (Wildman–Crippen MR) is 156 cm³/mol. The summed E-state index contributed by atoms with van der Waals surface area (Å²) in [6, 6.07) is 18.8. The molecule has 1 aromatic heterocycles. The zero-order valence-electron chi connectivity index (χ0n) is 22.4. The maximum Gasteiger partial charge on any atom is 0.240 e. The minimum Gasteiger partial charge on any atom is -0.369 e. The third-order valence-corrected chi connectivity index (χ3v) is 8.96. The Morgan fingerprint density at radius 2 is 1.85 bits per heavy atom. The molecule has 0 unspecified atom stereocenters. The van der Waals surface area contributed by atoms with Crippen LogP contribution in [0.5, 0.6) is 0 Å². The highest BCUT2D eigenvalue weighted by Crippen LogP contribution is 2.50. The number of hydrogen-bond donors (Lipinski definition) is 4. The highest BCUT2D eigenvalue weighted by molar-refractivity contribution is 7.89. The number of hydrogen-bond acceptors (Lipinski definition) is 7. The molecule has 0 spiro atoms. The topological polar surface area (TPSA) is 125 Å². The normalized spacial score (nSPS) is 17.0. The summed E-state index contributed by atoms with van der Waals surface area (Å²) in [6.07, 6.45) is 3.53. The quantitative estimate of drug-likeness (QED) is 0.268. The van der Waals surface area contributed by atoms with Crippen molar-refractivity contribution in [2.75, 3.05) is 29.0 Å². The first-order chi connectivity index (χ1) is 19.7. The van der Waals surface area contributed by atoms with E-state index in [2.05, 4.69) is 30.6 Å². The van der Waals surface area contributed by atoms with Crippen molar-refractivity contribution in [1.29, 1.82) is 0 Å². The molecule has 1 saturated carbocycles. The van der Waals surface area contributed by atoms with E-state index in [1.165, 1.54) is 18.2 Å². The van der Waals surface area contributed by atoms with E-state index in [9.17, 15) is 13.2 Å². The molecule has 2 heterocycles. The minimum absolute atomic E-state index is 0.109. The number of rotatable bonds is 4. The number of anilines is 4. The first-order valence-electron chi connectivity index (χ1n) is 13.4. The third kappa shape index (κ3) is 5.38. The van der Waals surface area contributed by atoms with E-state index in [0.29, 0.717) is 35.6 Å². The van der Waals surface area contributed by atoms with E-state index in [1.807, 2.05) is 31.2 Å². The summed E-state index contributed by atoms with van der Waals surface area (Å²) >= 11 is 0. The number of aryl methyl sites for hydroxylation is 1. The second-order valence-electron chi connectivity index (χ2n) is 10.3. The molecule has 4 bridgehead atoms. The van der Waals surface area contributed by atoms with Gasteiger partial charge < -0.3 is 16.0 Å². The number of fused-ring (bicyclic) bond motifs is 4. The maximum atomic E-state index is 15.4. The number of benzene rings is 3. The molecule has 2 aliphatic rings. The smallest absolute Gasteiger partial charge is 0.240 e. The van der Waals surface area contributed by atoms with Gasteiger partial charge in [-0.25, -0.2) is 22.5 Å². The molecule has 4 N–H and O–H groups in total. The Bertz CT molecular complexity index is 1760. The van der Waals surface area contributed by atoms with Crippen molar-refractivity contribution in [3.8, 4) is 11.1 Å². The molecule has 41 heavy (non-hydrogen) atoms. The lowest BCUT2D eigenvalue weighted by Crippen LogP contribution is -2.28. The summed E-state index contributed by atoms with van der Waals surface area (Å²) in [5, 5.41) is 9.07. The van der Waals surface area contributed by atoms with Crippen LogP contribution in [0.25, 0.3) is 11.1 Å². The lowest BCUT2D eigenvalue weighted by atomic mass is 9.91. The van der Waals surface area contributed by atoms with Gasteiger partial charge in [0.1, 0.15) is 11.6 Å². The fourth-order valence-electron chi connectivity index (χ4n) is 5.12. The first kappa shape index (κ1) is 26.9. The molecule has 3 aromatic carbocycles. The SMILES string of the molecule is Cc1ccccc1C1(C(=O)Nc2ccc(-c3cnc4nc3NCCCNS(=O)(=O)c3cccc(c3)N4)cc2F)CC1. The van der Waals surface area contributed by atoms with E-state index in [0.717, 1.165) is 24.0 Å². The Kier molecular flexibility index (Phi) is 6.92. The lowest BCUT2D eigenvalue weighted by molar-refractivity contribution is -0.118. The third-order valence-electron chi connectivity index (χ3n) is 7.50. The molecule has 0 atom stereocenters. The molecule has 1 aliphatic carbocycles. The molecule has 0 saturated heterocycles. The highest BCUT2D eigenvalue weighted by atomic mass is 32.2. The van der Waals surface area contributed by atoms with Crippen molar-refractivity contribution in [3.63, 3.8) is 0 Å². The van der Waals surface area contributed by atoms with Gasteiger partial charge in [0.25, 0.3) is 0 Å². The zero-order valence-corrected chi connectivity index (χ0v) is 23.2. The number of nitrogens with zero attached hydrogens (tertiary/aromatic N) is 2. The van der Waals surface area contributed by atoms with Crippen molar-refractivity contribution >= 4 is 39.1 Å². The van der Waals surface area contributed by atoms with Crippen molar-refractivity contribution in [3.05, 3.63) is 89.9 Å². The van der Waals surface area contributed by atoms with Gasteiger partial charge in [-0.2, -0.15) is 4.98 Å². The average Bonchev–Trinajstić information content (AvgIpc) is 3.76. The van der Waals surface area contributed by atoms with Crippen LogP contribution < -0.4 is 20.7 Å². The fraction of sp³-hybridized carbons (Fsp3) is 0.233. The van der Waals surface area contributed by atoms with E-state index in [-0.39, 0.29) is 29.0 Å². The maximum absolute atomic E-state index is 15.4. The van der Waals surface area contributed by atoms with Crippen molar-refractivity contribution in [1.82, 2.24) is 14.7 Å². The number of carbonyl (C=O) groups is 1. The second-order valence-corrected chi connectivity index (χ2v) is 12.1. The Balaban J connectivity index is 1.26. The van der Waals surface area contributed by atoms with E-state index < -0.39 is 21.3 Å². The molecule has 6 rings (SSSR count). The zero-order chi connectivity index (χ0) is 28.6. The standard InChI is InChI=1S/C30H29FN6O3S/c1-19-6-2-3-9-24(19)30(12-13-30)28(38)36-26-11-10-20(16-25(26)31)23-18-33-29-35-21-7-4-8-22(17-21)41(39,40)34-15-5-14-32-27(23)37-29/h2-4,6-11,16-18,34H,5,12-15H2,1H3,(H,36,38)(H2,32,33,35,37). The van der Waals surface area contributed by atoms with Crippen molar-refractivity contribution < 1.29 is 17.6 Å². The summed E-state index contributed by atoms with van der Waals surface area (Å²) in [6.45, 7) is 2.63. The molecular formula is C30H29FN6O3S. The van der Waals surface area contributed by atoms with Gasteiger partial charge in [-0.1, -0.05) is 36.4 Å². The van der Waals surface area contributed by atoms with Crippen LogP contribution >= 0.6 is 0 Å². The van der Waals surface area contributed by atoms with Crippen LogP contribution in [0.4, 0.5) is 27.5 Å². The van der Waals surface area contributed by atoms with Crippen LogP contribution in [0.2, 0.25) is 0 Å². The molecule has 11 heteroatoms. The van der Waals surface area contributed by atoms with Crippen LogP contribution in [0.3, 0.4) is 0 Å². The molecule has 9 nitrogen and oxygen atoms in total. The molecule has 0 radical (unpaired) electrons. The Hall–Kier alpha value is -4.35. The average molecular weight is 573 g/mol. The first-order valence-corrected chi connectivity index (χ1v) is 14.9. The van der Waals surface area contributed by atoms with E-state index in [1.54, 1.807) is 30.5 Å². The van der Waals surface area contributed by atoms with Gasteiger partial charge in [0.05, 0.1) is 16.0 Å². The monoisotopic (exact) mass is 572 g/mol. The Labute approximate surface area is 237 Å². The summed E-state index contributed by atoms with van der Waals surface area (Å²) in [7, 11) is -3.66. The fourth-order valence-corrected chi connectivity index (χ4v) is 6.24. The summed E-state index contributed by atoms with van der Waals surface area (Å²) in [5.74, 6) is -0.0555. The van der Waals surface area contributed by atoms with Gasteiger partial charge in [0, 0.05) is 30.5 Å². The predicted octanol–water partition coefficient (Wildman–Crippen LogP) is 5.10. The Morgan fingerprint density at radius 1 is 1.02 bits per heavy atom. The van der Waals surface area contributed by atoms with Gasteiger partial charge >= 0.3 is 0 Å². The summed E-state index contributed by atoms with van der Waals surface area (Å²) in [5.41, 5.74) is 3.11. The van der Waals surface area contributed by atoms with Gasteiger partial charge in [-0.3, -0.25) is 4.79 Å². The molecule has 210 valence electrons. The molecule has 1 amide bonds. The number of amides is 1. The number of aromatic nitrogens is 2. The second kappa shape index (κ2) is 10.6. The van der Waals surface area contributed by atoms with E-state index in [4.69, 9.17) is 0 Å². The highest BCUT2D eigenvalue weighted by Gasteiger charge is 2.52. The molecule has 4 aromatic rings. The van der Waals surface area contributed by atoms with Gasteiger partial charge in [0.2, 0.25) is 21.9 Å². The summed E-state index contributed by atoms with van der Waals surface area (Å²) in [4.78, 5) is 22.4. The number of sulfonamides is 1. The van der Waals surface area contributed by atoms with Gasteiger partial charge in [-0.05, 0) is 73.2 Å². The molecule has 1 aliphatic heterocycles. The minimum atomic E-state index is -3.66. The van der Waals surface area contributed by atoms with Crippen LogP contribution in [0, 0.1) is 12.7 Å². The number of halogens is 1. The Morgan fingerprint density at radius 3 is 2.63 bits per heavy atom. The van der Waals surface area contributed by atoms with Gasteiger partial charge in [-0.15, -0.1) is 0 Å². The van der Waals surface area contributed by atoms with Crippen LogP contribution in [-0.4, -0.2) is 37.4 Å². The van der Waals surface area contributed by atoms with Gasteiger partial charge in [0.15, 0.2) is 0 Å². The summed E-state index contributed by atoms with van der Waals surface area (Å²) < 4.78 is 43.2. The van der Waals surface area contributed by atoms with Crippen molar-refractivity contribution in [2.45, 2.75) is 36.5 Å². The van der Waals surface area contributed by atoms with E-state index >= 15 is 4.39 Å². The van der Waals surface area contributed by atoms with Crippen LogP contribution in [-0.2, 0) is 20.2 Å². The largest absolute Gasteiger partial charge is 0.369 e. The van der Waals surface area contributed by atoms with Crippen molar-refractivity contribution in [2.24, 2.45) is 0 Å². The number of nitrogens with one attached hydrogen (secondary N) is 4. The molecular weight excluding hydrogens is 543 g/mol. The lowest BCUT2D eigenvalue weighted by Gasteiger charge is -2.18. The molecule has 1 fully saturated rings.